The van der Waals surface area contributed by atoms with Crippen LogP contribution in [0.4, 0.5) is 0 Å². The number of ether oxygens (including phenoxy) is 2. The van der Waals surface area contributed by atoms with Crippen molar-refractivity contribution in [2.75, 3.05) is 13.3 Å². The van der Waals surface area contributed by atoms with Crippen molar-refractivity contribution < 1.29 is 9.47 Å². The molecule has 21 heavy (non-hydrogen) atoms. The second-order valence-corrected chi connectivity index (χ2v) is 6.54. The summed E-state index contributed by atoms with van der Waals surface area (Å²) in [7, 11) is 0. The molecule has 1 heterocycles. The molecule has 1 fully saturated rings. The Hall–Kier alpha value is -1.22. The van der Waals surface area contributed by atoms with Gasteiger partial charge in [-0.1, -0.05) is 32.3 Å². The van der Waals surface area contributed by atoms with Gasteiger partial charge in [-0.15, -0.1) is 0 Å². The Labute approximate surface area is 128 Å². The average molecular weight is 289 g/mol. The topological polar surface area (TPSA) is 30.5 Å². The fraction of sp³-hybridized carbons (Fsp3) is 0.667. The number of rotatable bonds is 5. The van der Waals surface area contributed by atoms with E-state index in [-0.39, 0.29) is 0 Å². The van der Waals surface area contributed by atoms with Crippen molar-refractivity contribution >= 4 is 0 Å². The molecule has 0 saturated heterocycles. The second-order valence-electron chi connectivity index (χ2n) is 6.54. The molecule has 3 heteroatoms. The van der Waals surface area contributed by atoms with Crippen LogP contribution in [0.1, 0.15) is 57.6 Å². The number of fused-ring (bicyclic) bond motifs is 1. The van der Waals surface area contributed by atoms with Gasteiger partial charge in [-0.05, 0) is 55.8 Å². The predicted octanol–water partition coefficient (Wildman–Crippen LogP) is 4.28. The lowest BCUT2D eigenvalue weighted by Gasteiger charge is -2.29. The summed E-state index contributed by atoms with van der Waals surface area (Å²) in [4.78, 5) is 0. The van der Waals surface area contributed by atoms with Gasteiger partial charge in [0.15, 0.2) is 11.5 Å². The lowest BCUT2D eigenvalue weighted by atomic mass is 9.81. The zero-order valence-corrected chi connectivity index (χ0v) is 13.2. The van der Waals surface area contributed by atoms with Gasteiger partial charge in [0.25, 0.3) is 0 Å². The second kappa shape index (κ2) is 6.69. The predicted molar refractivity (Wildman–Crippen MR) is 84.7 cm³/mol. The smallest absolute Gasteiger partial charge is 0.231 e. The fourth-order valence-electron chi connectivity index (χ4n) is 3.49. The van der Waals surface area contributed by atoms with Crippen LogP contribution in [0, 0.1) is 11.8 Å². The zero-order valence-electron chi connectivity index (χ0n) is 13.2. The molecule has 116 valence electrons. The maximum Gasteiger partial charge on any atom is 0.231 e. The molecule has 3 nitrogen and oxygen atoms in total. The van der Waals surface area contributed by atoms with Gasteiger partial charge in [0, 0.05) is 6.04 Å². The van der Waals surface area contributed by atoms with E-state index in [1.54, 1.807) is 0 Å². The Kier molecular flexibility index (Phi) is 4.69. The molecule has 1 aromatic carbocycles. The third-order valence-electron chi connectivity index (χ3n) is 5.15. The molecule has 1 aliphatic carbocycles. The van der Waals surface area contributed by atoms with Crippen LogP contribution in [-0.2, 0) is 0 Å². The lowest BCUT2D eigenvalue weighted by molar-refractivity contribution is 0.174. The number of nitrogens with one attached hydrogen (secondary N) is 1. The van der Waals surface area contributed by atoms with E-state index in [0.29, 0.717) is 12.8 Å². The van der Waals surface area contributed by atoms with Crippen LogP contribution in [0.2, 0.25) is 0 Å². The van der Waals surface area contributed by atoms with Gasteiger partial charge in [-0.2, -0.15) is 0 Å². The Morgan fingerprint density at radius 1 is 1.10 bits per heavy atom. The first kappa shape index (κ1) is 14.7. The van der Waals surface area contributed by atoms with Crippen LogP contribution in [-0.4, -0.2) is 13.3 Å². The van der Waals surface area contributed by atoms with Crippen LogP contribution in [0.15, 0.2) is 18.2 Å². The van der Waals surface area contributed by atoms with Crippen molar-refractivity contribution in [3.63, 3.8) is 0 Å². The highest BCUT2D eigenvalue weighted by Gasteiger charge is 2.21. The van der Waals surface area contributed by atoms with Gasteiger partial charge in [-0.25, -0.2) is 0 Å². The number of benzene rings is 1. The monoisotopic (exact) mass is 289 g/mol. The molecule has 1 saturated carbocycles. The molecule has 2 aliphatic rings. The van der Waals surface area contributed by atoms with E-state index < -0.39 is 0 Å². The van der Waals surface area contributed by atoms with E-state index in [1.165, 1.54) is 37.7 Å². The Morgan fingerprint density at radius 3 is 2.57 bits per heavy atom. The van der Waals surface area contributed by atoms with Gasteiger partial charge in [0.1, 0.15) is 0 Å². The third-order valence-corrected chi connectivity index (χ3v) is 5.15. The van der Waals surface area contributed by atoms with E-state index >= 15 is 0 Å². The molecular weight excluding hydrogens is 262 g/mol. The van der Waals surface area contributed by atoms with E-state index in [0.717, 1.165) is 29.9 Å². The minimum absolute atomic E-state index is 0.348. The van der Waals surface area contributed by atoms with E-state index in [1.807, 2.05) is 6.07 Å². The Balaban J connectivity index is 1.49. The van der Waals surface area contributed by atoms with Crippen LogP contribution >= 0.6 is 0 Å². The molecule has 3 rings (SSSR count). The average Bonchev–Trinajstić information content (AvgIpc) is 3.00. The van der Waals surface area contributed by atoms with Crippen molar-refractivity contribution in [1.29, 1.82) is 0 Å². The highest BCUT2D eigenvalue weighted by Crippen LogP contribution is 2.34. The molecular formula is C18H27NO2. The normalized spacial score (nSPS) is 25.8. The summed E-state index contributed by atoms with van der Waals surface area (Å²) in [5.74, 6) is 3.57. The van der Waals surface area contributed by atoms with Gasteiger partial charge in [0.2, 0.25) is 6.79 Å². The van der Waals surface area contributed by atoms with Crippen molar-refractivity contribution in [2.45, 2.75) is 52.0 Å². The molecule has 0 spiro atoms. The number of hydrogen-bond acceptors (Lipinski definition) is 3. The molecule has 1 unspecified atom stereocenters. The third kappa shape index (κ3) is 3.52. The molecule has 0 radical (unpaired) electrons. The summed E-state index contributed by atoms with van der Waals surface area (Å²) in [5.41, 5.74) is 1.28. The van der Waals surface area contributed by atoms with Crippen molar-refractivity contribution in [3.05, 3.63) is 23.8 Å². The van der Waals surface area contributed by atoms with Crippen molar-refractivity contribution in [1.82, 2.24) is 5.32 Å². The molecule has 1 atom stereocenters. The molecule has 0 bridgehead atoms. The molecule has 1 aromatic rings. The Morgan fingerprint density at radius 2 is 1.81 bits per heavy atom. The minimum atomic E-state index is 0.348. The van der Waals surface area contributed by atoms with Gasteiger partial charge in [-0.3, -0.25) is 0 Å². The summed E-state index contributed by atoms with van der Waals surface area (Å²) < 4.78 is 10.8. The minimum Gasteiger partial charge on any atom is -0.454 e. The van der Waals surface area contributed by atoms with Crippen molar-refractivity contribution in [3.8, 4) is 11.5 Å². The Bertz CT molecular complexity index is 466. The molecule has 1 N–H and O–H groups in total. The molecule has 0 aromatic heterocycles. The van der Waals surface area contributed by atoms with Crippen LogP contribution in [0.5, 0.6) is 11.5 Å². The van der Waals surface area contributed by atoms with Gasteiger partial charge in [0.05, 0.1) is 0 Å². The molecule has 0 amide bonds. The summed E-state index contributed by atoms with van der Waals surface area (Å²) in [6.07, 6.45) is 6.97. The SMILES string of the molecule is CCC1CCC(CNC(C)c2ccc3c(c2)OCO3)CC1. The van der Waals surface area contributed by atoms with Crippen molar-refractivity contribution in [2.24, 2.45) is 11.8 Å². The highest BCUT2D eigenvalue weighted by atomic mass is 16.7. The first-order valence-corrected chi connectivity index (χ1v) is 8.39. The largest absolute Gasteiger partial charge is 0.454 e. The summed E-state index contributed by atoms with van der Waals surface area (Å²) in [6, 6.07) is 6.62. The number of hydrogen-bond donors (Lipinski definition) is 1. The van der Waals surface area contributed by atoms with E-state index in [9.17, 15) is 0 Å². The standard InChI is InChI=1S/C18H27NO2/c1-3-14-4-6-15(7-5-14)11-19-13(2)16-8-9-17-18(10-16)21-12-20-17/h8-10,13-15,19H,3-7,11-12H2,1-2H3. The summed E-state index contributed by atoms with van der Waals surface area (Å²) >= 11 is 0. The van der Waals surface area contributed by atoms with Crippen LogP contribution in [0.25, 0.3) is 0 Å². The highest BCUT2D eigenvalue weighted by molar-refractivity contribution is 5.45. The van der Waals surface area contributed by atoms with Crippen LogP contribution in [0.3, 0.4) is 0 Å². The van der Waals surface area contributed by atoms with Crippen LogP contribution < -0.4 is 14.8 Å². The van der Waals surface area contributed by atoms with Gasteiger partial charge < -0.3 is 14.8 Å². The van der Waals surface area contributed by atoms with E-state index in [4.69, 9.17) is 9.47 Å². The summed E-state index contributed by atoms with van der Waals surface area (Å²) in [6.45, 7) is 6.04. The summed E-state index contributed by atoms with van der Waals surface area (Å²) in [5, 5.41) is 3.70. The first-order chi connectivity index (χ1) is 10.3. The van der Waals surface area contributed by atoms with E-state index in [2.05, 4.69) is 31.3 Å². The molecule has 1 aliphatic heterocycles. The zero-order chi connectivity index (χ0) is 14.7. The lowest BCUT2D eigenvalue weighted by Crippen LogP contribution is -2.28. The quantitative estimate of drug-likeness (QED) is 0.877. The first-order valence-electron chi connectivity index (χ1n) is 8.39. The van der Waals surface area contributed by atoms with Gasteiger partial charge >= 0.3 is 0 Å². The maximum absolute atomic E-state index is 5.46. The maximum atomic E-state index is 5.46. The fourth-order valence-corrected chi connectivity index (χ4v) is 3.49.